The van der Waals surface area contributed by atoms with Gasteiger partial charge in [0.25, 0.3) is 0 Å². The van der Waals surface area contributed by atoms with Crippen LogP contribution in [0.4, 0.5) is 30.7 Å². The van der Waals surface area contributed by atoms with Crippen LogP contribution in [0.5, 0.6) is 0 Å². The van der Waals surface area contributed by atoms with Crippen LogP contribution < -0.4 is 0 Å². The van der Waals surface area contributed by atoms with Gasteiger partial charge >= 0.3 is 0 Å². The van der Waals surface area contributed by atoms with Crippen molar-refractivity contribution in [3.05, 3.63) is 112 Å². The molecule has 2 fully saturated rings. The van der Waals surface area contributed by atoms with Crippen LogP contribution in [0.25, 0.3) is 17.0 Å². The zero-order valence-electron chi connectivity index (χ0n) is 26.2. The predicted molar refractivity (Wildman–Crippen MR) is 170 cm³/mol. The third kappa shape index (κ3) is 8.13. The molecule has 5 rings (SSSR count). The van der Waals surface area contributed by atoms with Crippen LogP contribution in [0, 0.1) is 46.8 Å². The zero-order valence-corrected chi connectivity index (χ0v) is 26.2. The summed E-state index contributed by atoms with van der Waals surface area (Å²) in [6.07, 6.45) is 13.3. The minimum absolute atomic E-state index is 0.0927. The van der Waals surface area contributed by atoms with E-state index in [1.54, 1.807) is 31.2 Å². The Morgan fingerprint density at radius 2 is 1.37 bits per heavy atom. The number of benzene rings is 3. The SMILES string of the molecule is C/C=C/CC/C(F)=C(\F)c1ccc(-c2ccc(C3CCC(C4CCC(CCc5cc(F)c(F)c(F)c5)CC4)CC3)c(F)c2)c(F)c1. The van der Waals surface area contributed by atoms with E-state index in [9.17, 15) is 26.3 Å². The molecule has 3 aromatic rings. The summed E-state index contributed by atoms with van der Waals surface area (Å²) in [5, 5.41) is 0. The summed E-state index contributed by atoms with van der Waals surface area (Å²) in [6, 6.07) is 10.6. The molecule has 0 aliphatic heterocycles. The number of allylic oxidation sites excluding steroid dienone is 3. The Hall–Kier alpha value is -3.35. The molecule has 0 heterocycles. The first kappa shape index (κ1) is 34.0. The van der Waals surface area contributed by atoms with Gasteiger partial charge in [0, 0.05) is 17.5 Å². The van der Waals surface area contributed by atoms with Crippen LogP contribution in [0.3, 0.4) is 0 Å². The molecular weight excluding hydrogens is 601 g/mol. The molecule has 0 N–H and O–H groups in total. The van der Waals surface area contributed by atoms with Gasteiger partial charge in [0.2, 0.25) is 0 Å². The van der Waals surface area contributed by atoms with Crippen LogP contribution in [0.15, 0.2) is 66.5 Å². The van der Waals surface area contributed by atoms with E-state index in [2.05, 4.69) is 0 Å². The van der Waals surface area contributed by atoms with Crippen LogP contribution in [0.1, 0.15) is 100 Å². The maximum Gasteiger partial charge on any atom is 0.194 e. The van der Waals surface area contributed by atoms with Crippen molar-refractivity contribution in [1.82, 2.24) is 0 Å². The maximum atomic E-state index is 15.4. The van der Waals surface area contributed by atoms with Crippen LogP contribution in [0.2, 0.25) is 0 Å². The molecule has 0 spiro atoms. The minimum Gasteiger partial charge on any atom is -0.209 e. The maximum absolute atomic E-state index is 15.4. The summed E-state index contributed by atoms with van der Waals surface area (Å²) in [7, 11) is 0. The van der Waals surface area contributed by atoms with Crippen molar-refractivity contribution in [2.24, 2.45) is 17.8 Å². The Balaban J connectivity index is 1.12. The summed E-state index contributed by atoms with van der Waals surface area (Å²) < 4.78 is 99.3. The first-order chi connectivity index (χ1) is 22.1. The van der Waals surface area contributed by atoms with E-state index in [0.29, 0.717) is 47.3 Å². The molecule has 0 nitrogen and oxygen atoms in total. The number of rotatable bonds is 10. The third-order valence-corrected chi connectivity index (χ3v) is 10.2. The number of hydrogen-bond acceptors (Lipinski definition) is 0. The van der Waals surface area contributed by atoms with Gasteiger partial charge in [-0.05, 0) is 129 Å². The summed E-state index contributed by atoms with van der Waals surface area (Å²) >= 11 is 0. The van der Waals surface area contributed by atoms with Gasteiger partial charge < -0.3 is 0 Å². The molecule has 0 aromatic heterocycles. The standard InChI is InChI=1S/C39H41F7/c1-2-3-4-5-33(40)38(45)30-17-19-32(35(42)23-30)29-16-18-31(34(41)22-29)28-14-12-27(13-15-28)26-10-8-24(9-11-26)6-7-25-20-36(43)39(46)37(44)21-25/h2-3,16-24,26-28H,4-15H2,1H3/b3-2+,38-33+. The highest BCUT2D eigenvalue weighted by atomic mass is 19.2. The highest BCUT2D eigenvalue weighted by Crippen LogP contribution is 2.45. The molecule has 246 valence electrons. The van der Waals surface area contributed by atoms with E-state index >= 15 is 4.39 Å². The van der Waals surface area contributed by atoms with E-state index in [-0.39, 0.29) is 29.3 Å². The first-order valence-corrected chi connectivity index (χ1v) is 16.5. The number of aryl methyl sites for hydroxylation is 1. The molecule has 3 aromatic carbocycles. The Morgan fingerprint density at radius 1 is 0.717 bits per heavy atom. The Morgan fingerprint density at radius 3 is 1.98 bits per heavy atom. The van der Waals surface area contributed by atoms with Crippen LogP contribution in [-0.4, -0.2) is 0 Å². The monoisotopic (exact) mass is 642 g/mol. The molecule has 0 radical (unpaired) electrons. The second kappa shape index (κ2) is 15.5. The quantitative estimate of drug-likeness (QED) is 0.117. The molecule has 0 bridgehead atoms. The highest BCUT2D eigenvalue weighted by Gasteiger charge is 2.32. The van der Waals surface area contributed by atoms with Gasteiger partial charge in [0.05, 0.1) is 0 Å². The van der Waals surface area contributed by atoms with E-state index in [4.69, 9.17) is 0 Å². The van der Waals surface area contributed by atoms with Crippen molar-refractivity contribution in [3.8, 4) is 11.1 Å². The lowest BCUT2D eigenvalue weighted by Crippen LogP contribution is -2.25. The smallest absolute Gasteiger partial charge is 0.194 e. The lowest BCUT2D eigenvalue weighted by Gasteiger charge is -2.38. The molecule has 0 atom stereocenters. The summed E-state index contributed by atoms with van der Waals surface area (Å²) in [5.74, 6) is -5.04. The van der Waals surface area contributed by atoms with Crippen molar-refractivity contribution >= 4 is 5.83 Å². The summed E-state index contributed by atoms with van der Waals surface area (Å²) in [6.45, 7) is 1.79. The average molecular weight is 643 g/mol. The van der Waals surface area contributed by atoms with Gasteiger partial charge in [-0.1, -0.05) is 49.3 Å². The molecule has 0 unspecified atom stereocenters. The van der Waals surface area contributed by atoms with Crippen molar-refractivity contribution < 1.29 is 30.7 Å². The molecule has 2 aliphatic carbocycles. The predicted octanol–water partition coefficient (Wildman–Crippen LogP) is 12.7. The number of halogens is 7. The van der Waals surface area contributed by atoms with Gasteiger partial charge in [0.15, 0.2) is 23.3 Å². The minimum atomic E-state index is -1.42. The molecule has 0 amide bonds. The van der Waals surface area contributed by atoms with Crippen molar-refractivity contribution in [2.45, 2.75) is 89.9 Å². The Kier molecular flexibility index (Phi) is 11.5. The van der Waals surface area contributed by atoms with Gasteiger partial charge in [-0.15, -0.1) is 0 Å². The fourth-order valence-corrected chi connectivity index (χ4v) is 7.53. The summed E-state index contributed by atoms with van der Waals surface area (Å²) in [5.41, 5.74) is 1.43. The second-order valence-corrected chi connectivity index (χ2v) is 13.1. The van der Waals surface area contributed by atoms with Gasteiger partial charge in [-0.2, -0.15) is 0 Å². The Labute approximate surface area is 267 Å². The second-order valence-electron chi connectivity index (χ2n) is 13.1. The van der Waals surface area contributed by atoms with E-state index < -0.39 is 34.9 Å². The van der Waals surface area contributed by atoms with Gasteiger partial charge in [0.1, 0.15) is 17.5 Å². The third-order valence-electron chi connectivity index (χ3n) is 10.2. The molecule has 0 saturated heterocycles. The van der Waals surface area contributed by atoms with Gasteiger partial charge in [-0.3, -0.25) is 0 Å². The fraction of sp³-hybridized carbons (Fsp3) is 0.436. The molecule has 2 aliphatic rings. The van der Waals surface area contributed by atoms with Gasteiger partial charge in [-0.25, -0.2) is 30.7 Å². The van der Waals surface area contributed by atoms with E-state index in [1.165, 1.54) is 18.2 Å². The molecular formula is C39H41F7. The normalized spacial score (nSPS) is 22.7. The lowest BCUT2D eigenvalue weighted by atomic mass is 9.68. The van der Waals surface area contributed by atoms with Crippen molar-refractivity contribution in [1.29, 1.82) is 0 Å². The zero-order chi connectivity index (χ0) is 32.8. The Bertz CT molecular complexity index is 1530. The summed E-state index contributed by atoms with van der Waals surface area (Å²) in [4.78, 5) is 0. The number of hydrogen-bond donors (Lipinski definition) is 0. The molecule has 2 saturated carbocycles. The average Bonchev–Trinajstić information content (AvgIpc) is 3.06. The lowest BCUT2D eigenvalue weighted by molar-refractivity contribution is 0.156. The van der Waals surface area contributed by atoms with E-state index in [1.807, 2.05) is 0 Å². The molecule has 7 heteroatoms. The van der Waals surface area contributed by atoms with Crippen LogP contribution >= 0.6 is 0 Å². The first-order valence-electron chi connectivity index (χ1n) is 16.5. The van der Waals surface area contributed by atoms with Crippen LogP contribution in [-0.2, 0) is 6.42 Å². The van der Waals surface area contributed by atoms with Crippen molar-refractivity contribution in [2.75, 3.05) is 0 Å². The highest BCUT2D eigenvalue weighted by molar-refractivity contribution is 5.69. The van der Waals surface area contributed by atoms with E-state index in [0.717, 1.165) is 76.0 Å². The fourth-order valence-electron chi connectivity index (χ4n) is 7.53. The molecule has 46 heavy (non-hydrogen) atoms. The topological polar surface area (TPSA) is 0 Å². The largest absolute Gasteiger partial charge is 0.209 e. The van der Waals surface area contributed by atoms with Crippen molar-refractivity contribution in [3.63, 3.8) is 0 Å².